The third-order valence-electron chi connectivity index (χ3n) is 2.44. The van der Waals surface area contributed by atoms with Crippen LogP contribution in [-0.4, -0.2) is 11.1 Å². The minimum Gasteiger partial charge on any atom is -0.478 e. The van der Waals surface area contributed by atoms with E-state index < -0.39 is 17.7 Å². The number of allylic oxidation sites excluding steroid dienone is 1. The van der Waals surface area contributed by atoms with Gasteiger partial charge in [-0.3, -0.25) is 0 Å². The average Bonchev–Trinajstić information content (AvgIpc) is 2.99. The van der Waals surface area contributed by atoms with Crippen molar-refractivity contribution in [3.8, 4) is 0 Å². The fourth-order valence-corrected chi connectivity index (χ4v) is 1.47. The number of carbonyl (C=O) groups is 1. The van der Waals surface area contributed by atoms with Crippen LogP contribution < -0.4 is 0 Å². The molecule has 1 aliphatic carbocycles. The predicted molar refractivity (Wildman–Crippen MR) is 55.6 cm³/mol. The second-order valence-electron chi connectivity index (χ2n) is 3.95. The first-order valence-corrected chi connectivity index (χ1v) is 5.01. The lowest BCUT2D eigenvalue weighted by atomic mass is 10.0. The molecule has 0 unspecified atom stereocenters. The van der Waals surface area contributed by atoms with Gasteiger partial charge in [0, 0.05) is 0 Å². The molecule has 90 valence electrons. The van der Waals surface area contributed by atoms with Crippen molar-refractivity contribution in [1.82, 2.24) is 0 Å². The largest absolute Gasteiger partial charge is 0.478 e. The summed E-state index contributed by atoms with van der Waals surface area (Å²) in [5.41, 5.74) is 0.0719. The van der Waals surface area contributed by atoms with Crippen LogP contribution in [0.25, 0.3) is 6.08 Å². The van der Waals surface area contributed by atoms with Crippen LogP contribution in [0, 0.1) is 0 Å². The first-order chi connectivity index (χ1) is 7.86. The van der Waals surface area contributed by atoms with Gasteiger partial charge < -0.3 is 5.11 Å². The standard InChI is InChI=1S/C12H9F3O2/c13-12(14,15)10-5-8(3-7-1-2-7)4-9(6-10)11(16)17/h3-6H,1-2H2,(H,16,17). The highest BCUT2D eigenvalue weighted by Gasteiger charge is 2.31. The van der Waals surface area contributed by atoms with Gasteiger partial charge in [-0.2, -0.15) is 13.2 Å². The molecule has 0 bridgehead atoms. The Bertz CT molecular complexity index is 495. The SMILES string of the molecule is O=C(O)c1cc(C=C2CC2)cc(C(F)(F)F)c1. The third kappa shape index (κ3) is 2.87. The minimum absolute atomic E-state index is 0.296. The molecule has 0 spiro atoms. The Kier molecular flexibility index (Phi) is 2.69. The molecule has 17 heavy (non-hydrogen) atoms. The van der Waals surface area contributed by atoms with Gasteiger partial charge in [0.2, 0.25) is 0 Å². The quantitative estimate of drug-likeness (QED) is 0.860. The fourth-order valence-electron chi connectivity index (χ4n) is 1.47. The van der Waals surface area contributed by atoms with E-state index in [0.29, 0.717) is 11.6 Å². The molecule has 1 fully saturated rings. The van der Waals surface area contributed by atoms with Gasteiger partial charge in [0.15, 0.2) is 0 Å². The molecule has 1 aliphatic rings. The number of rotatable bonds is 2. The molecule has 2 nitrogen and oxygen atoms in total. The lowest BCUT2D eigenvalue weighted by Gasteiger charge is -2.08. The highest BCUT2D eigenvalue weighted by Crippen LogP contribution is 2.34. The Morgan fingerprint density at radius 1 is 1.24 bits per heavy atom. The molecule has 0 amide bonds. The maximum atomic E-state index is 12.6. The molecule has 0 aliphatic heterocycles. The van der Waals surface area contributed by atoms with Crippen LogP contribution in [0.3, 0.4) is 0 Å². The molecule has 1 aromatic carbocycles. The van der Waals surface area contributed by atoms with Crippen LogP contribution in [0.4, 0.5) is 13.2 Å². The van der Waals surface area contributed by atoms with Crippen LogP contribution >= 0.6 is 0 Å². The lowest BCUT2D eigenvalue weighted by Crippen LogP contribution is -2.08. The summed E-state index contributed by atoms with van der Waals surface area (Å²) in [7, 11) is 0. The minimum atomic E-state index is -4.53. The van der Waals surface area contributed by atoms with E-state index in [4.69, 9.17) is 5.11 Å². The molecule has 1 N–H and O–H groups in total. The van der Waals surface area contributed by atoms with Crippen molar-refractivity contribution in [3.63, 3.8) is 0 Å². The first-order valence-electron chi connectivity index (χ1n) is 5.01. The van der Waals surface area contributed by atoms with Gasteiger partial charge >= 0.3 is 12.1 Å². The summed E-state index contributed by atoms with van der Waals surface area (Å²) in [5, 5.41) is 8.76. The lowest BCUT2D eigenvalue weighted by molar-refractivity contribution is -0.137. The number of hydrogen-bond acceptors (Lipinski definition) is 1. The number of carboxylic acids is 1. The number of hydrogen-bond donors (Lipinski definition) is 1. The van der Waals surface area contributed by atoms with Crippen molar-refractivity contribution in [1.29, 1.82) is 0 Å². The number of alkyl halides is 3. The van der Waals surface area contributed by atoms with Crippen molar-refractivity contribution < 1.29 is 23.1 Å². The third-order valence-corrected chi connectivity index (χ3v) is 2.44. The normalized spacial score (nSPS) is 14.6. The summed E-state index contributed by atoms with van der Waals surface area (Å²) >= 11 is 0. The number of benzene rings is 1. The van der Waals surface area contributed by atoms with E-state index in [2.05, 4.69) is 0 Å². The zero-order valence-corrected chi connectivity index (χ0v) is 8.71. The highest BCUT2D eigenvalue weighted by molar-refractivity contribution is 5.88. The van der Waals surface area contributed by atoms with Gasteiger partial charge in [-0.1, -0.05) is 11.6 Å². The molecule has 5 heteroatoms. The van der Waals surface area contributed by atoms with E-state index in [9.17, 15) is 18.0 Å². The molecule has 1 aromatic rings. The second kappa shape index (κ2) is 3.91. The van der Waals surface area contributed by atoms with E-state index in [-0.39, 0.29) is 5.56 Å². The zero-order valence-electron chi connectivity index (χ0n) is 8.71. The van der Waals surface area contributed by atoms with E-state index in [1.165, 1.54) is 6.07 Å². The smallest absolute Gasteiger partial charge is 0.416 e. The van der Waals surface area contributed by atoms with Crippen molar-refractivity contribution in [2.75, 3.05) is 0 Å². The summed E-state index contributed by atoms with van der Waals surface area (Å²) in [6.07, 6.45) is -1.17. The zero-order chi connectivity index (χ0) is 12.6. The van der Waals surface area contributed by atoms with Gasteiger partial charge in [-0.15, -0.1) is 0 Å². The molecule has 0 aromatic heterocycles. The Morgan fingerprint density at radius 3 is 2.35 bits per heavy atom. The number of carboxylic acid groups (broad SMARTS) is 1. The van der Waals surface area contributed by atoms with E-state index in [1.807, 2.05) is 0 Å². The summed E-state index contributed by atoms with van der Waals surface area (Å²) in [6.45, 7) is 0. The van der Waals surface area contributed by atoms with Gasteiger partial charge in [0.05, 0.1) is 11.1 Å². The Morgan fingerprint density at radius 2 is 1.88 bits per heavy atom. The number of halogens is 3. The average molecular weight is 242 g/mol. The molecule has 0 heterocycles. The molecule has 1 saturated carbocycles. The molecule has 0 saturated heterocycles. The summed E-state index contributed by atoms with van der Waals surface area (Å²) in [6, 6.07) is 2.87. The van der Waals surface area contributed by atoms with Crippen LogP contribution in [0.15, 0.2) is 23.8 Å². The van der Waals surface area contributed by atoms with Crippen LogP contribution in [0.2, 0.25) is 0 Å². The van der Waals surface area contributed by atoms with Crippen LogP contribution in [0.5, 0.6) is 0 Å². The first kappa shape index (κ1) is 11.7. The van der Waals surface area contributed by atoms with Gasteiger partial charge in [-0.05, 0) is 36.6 Å². The summed E-state index contributed by atoms with van der Waals surface area (Å²) in [4.78, 5) is 10.7. The Hall–Kier alpha value is -1.78. The molecule has 0 atom stereocenters. The Balaban J connectivity index is 2.49. The van der Waals surface area contributed by atoms with Crippen molar-refractivity contribution in [3.05, 3.63) is 40.5 Å². The van der Waals surface area contributed by atoms with Crippen molar-refractivity contribution in [2.24, 2.45) is 0 Å². The molecule has 0 radical (unpaired) electrons. The van der Waals surface area contributed by atoms with E-state index in [0.717, 1.165) is 24.5 Å². The number of aromatic carboxylic acids is 1. The maximum Gasteiger partial charge on any atom is 0.416 e. The van der Waals surface area contributed by atoms with Crippen LogP contribution in [0.1, 0.15) is 34.3 Å². The Labute approximate surface area is 95.4 Å². The van der Waals surface area contributed by atoms with Gasteiger partial charge in [0.25, 0.3) is 0 Å². The van der Waals surface area contributed by atoms with Gasteiger partial charge in [-0.25, -0.2) is 4.79 Å². The van der Waals surface area contributed by atoms with Crippen molar-refractivity contribution >= 4 is 12.0 Å². The maximum absolute atomic E-state index is 12.6. The predicted octanol–water partition coefficient (Wildman–Crippen LogP) is 3.58. The topological polar surface area (TPSA) is 37.3 Å². The van der Waals surface area contributed by atoms with Crippen molar-refractivity contribution in [2.45, 2.75) is 19.0 Å². The van der Waals surface area contributed by atoms with Gasteiger partial charge in [0.1, 0.15) is 0 Å². The fraction of sp³-hybridized carbons (Fsp3) is 0.250. The van der Waals surface area contributed by atoms with E-state index in [1.54, 1.807) is 6.08 Å². The molecular weight excluding hydrogens is 233 g/mol. The summed E-state index contributed by atoms with van der Waals surface area (Å²) in [5.74, 6) is -1.36. The summed E-state index contributed by atoms with van der Waals surface area (Å²) < 4.78 is 37.7. The van der Waals surface area contributed by atoms with Crippen LogP contribution in [-0.2, 0) is 6.18 Å². The monoisotopic (exact) mass is 242 g/mol. The highest BCUT2D eigenvalue weighted by atomic mass is 19.4. The molecular formula is C12H9F3O2. The van der Waals surface area contributed by atoms with E-state index >= 15 is 0 Å². The molecule has 2 rings (SSSR count). The second-order valence-corrected chi connectivity index (χ2v) is 3.95.